The molecule has 3 saturated carbocycles. The van der Waals surface area contributed by atoms with Gasteiger partial charge in [-0.15, -0.1) is 0 Å². The molecule has 3 atom stereocenters. The quantitative estimate of drug-likeness (QED) is 0.889. The van der Waals surface area contributed by atoms with E-state index < -0.39 is 0 Å². The van der Waals surface area contributed by atoms with E-state index in [0.717, 1.165) is 24.3 Å². The minimum Gasteiger partial charge on any atom is -0.311 e. The lowest BCUT2D eigenvalue weighted by Crippen LogP contribution is -2.26. The van der Waals surface area contributed by atoms with Crippen LogP contribution in [0.4, 0.5) is 0 Å². The maximum Gasteiger partial charge on any atom is 0.0762 e. The van der Waals surface area contributed by atoms with Crippen LogP contribution in [0, 0.1) is 17.8 Å². The van der Waals surface area contributed by atoms with Crippen LogP contribution >= 0.6 is 0 Å². The fourth-order valence-corrected chi connectivity index (χ4v) is 4.86. The zero-order chi connectivity index (χ0) is 13.4. The molecule has 0 aromatic carbocycles. The number of fused-ring (bicyclic) bond motifs is 2. The molecule has 1 N–H and O–H groups in total. The SMILES string of the molecule is c1cn(C2CCCC2)nc1CNCC1CC2CCC1C2. The van der Waals surface area contributed by atoms with Gasteiger partial charge in [-0.2, -0.15) is 5.10 Å². The molecule has 0 aliphatic heterocycles. The van der Waals surface area contributed by atoms with E-state index in [1.807, 2.05) is 0 Å². The number of nitrogens with one attached hydrogen (secondary N) is 1. The van der Waals surface area contributed by atoms with Gasteiger partial charge in [-0.05, 0) is 62.5 Å². The molecule has 1 aromatic rings. The summed E-state index contributed by atoms with van der Waals surface area (Å²) in [7, 11) is 0. The average molecular weight is 273 g/mol. The standard InChI is InChI=1S/C17H27N3/c1-2-4-17(3-1)20-8-7-16(19-20)12-18-11-15-10-13-5-6-14(15)9-13/h7-8,13-15,17-18H,1-6,9-12H2. The maximum atomic E-state index is 4.76. The van der Waals surface area contributed by atoms with Crippen LogP contribution in [0.2, 0.25) is 0 Å². The van der Waals surface area contributed by atoms with Gasteiger partial charge in [0.15, 0.2) is 0 Å². The number of rotatable bonds is 5. The molecule has 4 rings (SSSR count). The van der Waals surface area contributed by atoms with Gasteiger partial charge in [-0.3, -0.25) is 4.68 Å². The lowest BCUT2D eigenvalue weighted by molar-refractivity contribution is 0.318. The second-order valence-electron chi connectivity index (χ2n) is 7.29. The van der Waals surface area contributed by atoms with Crippen molar-refractivity contribution in [1.29, 1.82) is 0 Å². The largest absolute Gasteiger partial charge is 0.311 e. The molecule has 2 bridgehead atoms. The third kappa shape index (κ3) is 2.52. The van der Waals surface area contributed by atoms with Gasteiger partial charge in [-0.25, -0.2) is 0 Å². The van der Waals surface area contributed by atoms with Crippen LogP contribution in [0.15, 0.2) is 12.3 Å². The summed E-state index contributed by atoms with van der Waals surface area (Å²) in [6, 6.07) is 2.88. The fraction of sp³-hybridized carbons (Fsp3) is 0.824. The lowest BCUT2D eigenvalue weighted by atomic mass is 9.89. The Kier molecular flexibility index (Phi) is 3.55. The van der Waals surface area contributed by atoms with Crippen molar-refractivity contribution in [3.63, 3.8) is 0 Å². The van der Waals surface area contributed by atoms with Gasteiger partial charge in [0.2, 0.25) is 0 Å². The molecule has 3 fully saturated rings. The predicted octanol–water partition coefficient (Wildman–Crippen LogP) is 3.52. The van der Waals surface area contributed by atoms with E-state index in [2.05, 4.69) is 22.3 Å². The molecule has 3 unspecified atom stereocenters. The van der Waals surface area contributed by atoms with Crippen molar-refractivity contribution in [1.82, 2.24) is 15.1 Å². The smallest absolute Gasteiger partial charge is 0.0762 e. The summed E-state index contributed by atoms with van der Waals surface area (Å²) in [6.07, 6.45) is 13.6. The van der Waals surface area contributed by atoms with E-state index in [4.69, 9.17) is 5.10 Å². The third-order valence-corrected chi connectivity index (χ3v) is 5.96. The van der Waals surface area contributed by atoms with Gasteiger partial charge in [0, 0.05) is 12.7 Å². The van der Waals surface area contributed by atoms with Crippen LogP contribution < -0.4 is 5.32 Å². The van der Waals surface area contributed by atoms with Crippen LogP contribution in [-0.2, 0) is 6.54 Å². The summed E-state index contributed by atoms with van der Waals surface area (Å²) < 4.78 is 2.21. The number of hydrogen-bond donors (Lipinski definition) is 1. The van der Waals surface area contributed by atoms with E-state index in [1.165, 1.54) is 63.6 Å². The van der Waals surface area contributed by atoms with Crippen molar-refractivity contribution in [2.75, 3.05) is 6.54 Å². The highest BCUT2D eigenvalue weighted by molar-refractivity contribution is 5.00. The van der Waals surface area contributed by atoms with Crippen LogP contribution in [0.5, 0.6) is 0 Å². The number of hydrogen-bond acceptors (Lipinski definition) is 2. The molecule has 0 spiro atoms. The topological polar surface area (TPSA) is 29.9 Å². The monoisotopic (exact) mass is 273 g/mol. The molecule has 1 heterocycles. The Hall–Kier alpha value is -0.830. The highest BCUT2D eigenvalue weighted by atomic mass is 15.3. The molecule has 0 amide bonds. The van der Waals surface area contributed by atoms with E-state index in [1.54, 1.807) is 0 Å². The molecule has 3 aliphatic rings. The van der Waals surface area contributed by atoms with Crippen molar-refractivity contribution in [3.8, 4) is 0 Å². The summed E-state index contributed by atoms with van der Waals surface area (Å²) in [6.45, 7) is 2.16. The first kappa shape index (κ1) is 12.9. The van der Waals surface area contributed by atoms with E-state index in [-0.39, 0.29) is 0 Å². The van der Waals surface area contributed by atoms with Gasteiger partial charge >= 0.3 is 0 Å². The summed E-state index contributed by atoms with van der Waals surface area (Å²) in [5.74, 6) is 3.04. The molecule has 0 radical (unpaired) electrons. The van der Waals surface area contributed by atoms with Gasteiger partial charge in [-0.1, -0.05) is 19.3 Å². The molecular weight excluding hydrogens is 246 g/mol. The molecular formula is C17H27N3. The second kappa shape index (κ2) is 5.51. The van der Waals surface area contributed by atoms with Gasteiger partial charge in [0.25, 0.3) is 0 Å². The molecule has 110 valence electrons. The first-order chi connectivity index (χ1) is 9.88. The number of aromatic nitrogens is 2. The van der Waals surface area contributed by atoms with E-state index >= 15 is 0 Å². The van der Waals surface area contributed by atoms with E-state index in [9.17, 15) is 0 Å². The zero-order valence-corrected chi connectivity index (χ0v) is 12.4. The van der Waals surface area contributed by atoms with Crippen LogP contribution in [0.1, 0.15) is 63.1 Å². The highest BCUT2D eigenvalue weighted by Gasteiger charge is 2.38. The Morgan fingerprint density at radius 3 is 2.80 bits per heavy atom. The first-order valence-electron chi connectivity index (χ1n) is 8.63. The minimum absolute atomic E-state index is 0.675. The summed E-state index contributed by atoms with van der Waals surface area (Å²) in [5.41, 5.74) is 1.22. The lowest BCUT2D eigenvalue weighted by Gasteiger charge is -2.21. The summed E-state index contributed by atoms with van der Waals surface area (Å²) in [5, 5.41) is 8.42. The number of nitrogens with zero attached hydrogens (tertiary/aromatic N) is 2. The third-order valence-electron chi connectivity index (χ3n) is 5.96. The van der Waals surface area contributed by atoms with Gasteiger partial charge in [0.05, 0.1) is 11.7 Å². The minimum atomic E-state index is 0.675. The van der Waals surface area contributed by atoms with E-state index in [0.29, 0.717) is 6.04 Å². The summed E-state index contributed by atoms with van der Waals surface area (Å²) >= 11 is 0. The molecule has 3 aliphatic carbocycles. The molecule has 3 nitrogen and oxygen atoms in total. The maximum absolute atomic E-state index is 4.76. The van der Waals surface area contributed by atoms with Crippen molar-refractivity contribution in [2.45, 2.75) is 64.0 Å². The Morgan fingerprint density at radius 2 is 2.05 bits per heavy atom. The first-order valence-corrected chi connectivity index (χ1v) is 8.63. The van der Waals surface area contributed by atoms with Crippen LogP contribution in [-0.4, -0.2) is 16.3 Å². The zero-order valence-electron chi connectivity index (χ0n) is 12.4. The normalized spacial score (nSPS) is 33.3. The Morgan fingerprint density at radius 1 is 1.15 bits per heavy atom. The Balaban J connectivity index is 1.25. The van der Waals surface area contributed by atoms with Crippen molar-refractivity contribution in [3.05, 3.63) is 18.0 Å². The Bertz CT molecular complexity index is 447. The van der Waals surface area contributed by atoms with Crippen molar-refractivity contribution >= 4 is 0 Å². The second-order valence-corrected chi connectivity index (χ2v) is 7.29. The van der Waals surface area contributed by atoms with Crippen molar-refractivity contribution in [2.24, 2.45) is 17.8 Å². The summed E-state index contributed by atoms with van der Waals surface area (Å²) in [4.78, 5) is 0. The molecule has 3 heteroatoms. The molecule has 1 aromatic heterocycles. The van der Waals surface area contributed by atoms with Crippen LogP contribution in [0.25, 0.3) is 0 Å². The van der Waals surface area contributed by atoms with Gasteiger partial charge < -0.3 is 5.32 Å². The van der Waals surface area contributed by atoms with Crippen LogP contribution in [0.3, 0.4) is 0 Å². The molecule has 0 saturated heterocycles. The average Bonchev–Trinajstić information content (AvgIpc) is 3.23. The van der Waals surface area contributed by atoms with Gasteiger partial charge in [0.1, 0.15) is 0 Å². The Labute approximate surface area is 122 Å². The predicted molar refractivity (Wildman–Crippen MR) is 80.4 cm³/mol. The molecule has 20 heavy (non-hydrogen) atoms. The fourth-order valence-electron chi connectivity index (χ4n) is 4.86. The highest BCUT2D eigenvalue weighted by Crippen LogP contribution is 2.47. The van der Waals surface area contributed by atoms with Crippen molar-refractivity contribution < 1.29 is 0 Å².